The summed E-state index contributed by atoms with van der Waals surface area (Å²) in [6.07, 6.45) is 0. The Morgan fingerprint density at radius 3 is 2.39 bits per heavy atom. The minimum absolute atomic E-state index is 0.0328. The Morgan fingerprint density at radius 2 is 1.72 bits per heavy atom. The van der Waals surface area contributed by atoms with E-state index in [9.17, 15) is 14.7 Å². The van der Waals surface area contributed by atoms with Crippen molar-refractivity contribution in [1.29, 1.82) is 0 Å². The molecule has 4 aromatic rings. The normalized spacial score (nSPS) is 15.7. The standard InChI is InChI=1S/C29H25ClN2O4/c1-3-31(4-2)21-14-12-18(13-15-21)26-25(27(33)24-16-19-8-5-6-11-23(19)36-24)28(34)29(35)32(26)22-10-7-9-20(30)17-22/h5-17,26,34H,3-4H2,1-2H3. The summed E-state index contributed by atoms with van der Waals surface area (Å²) in [5.74, 6) is -1.75. The Labute approximate surface area is 214 Å². The number of aliphatic hydroxyl groups is 1. The zero-order valence-corrected chi connectivity index (χ0v) is 20.7. The van der Waals surface area contributed by atoms with Crippen LogP contribution in [0.4, 0.5) is 11.4 Å². The number of rotatable bonds is 7. The summed E-state index contributed by atoms with van der Waals surface area (Å²) in [7, 11) is 0. The maximum absolute atomic E-state index is 13.7. The van der Waals surface area contributed by atoms with Crippen molar-refractivity contribution in [3.8, 4) is 0 Å². The van der Waals surface area contributed by atoms with Crippen molar-refractivity contribution >= 4 is 45.6 Å². The van der Waals surface area contributed by atoms with E-state index in [2.05, 4.69) is 18.7 Å². The van der Waals surface area contributed by atoms with Crippen LogP contribution in [0.2, 0.25) is 5.02 Å². The number of fused-ring (bicyclic) bond motifs is 1. The second-order valence-electron chi connectivity index (χ2n) is 8.56. The van der Waals surface area contributed by atoms with Crippen molar-refractivity contribution in [2.45, 2.75) is 19.9 Å². The smallest absolute Gasteiger partial charge is 0.294 e. The maximum atomic E-state index is 13.7. The lowest BCUT2D eigenvalue weighted by Crippen LogP contribution is -2.31. The fourth-order valence-corrected chi connectivity index (χ4v) is 4.91. The third kappa shape index (κ3) is 4.03. The molecule has 2 heterocycles. The quantitative estimate of drug-likeness (QED) is 0.285. The summed E-state index contributed by atoms with van der Waals surface area (Å²) in [6.45, 7) is 5.86. The Hall–Kier alpha value is -4.03. The van der Waals surface area contributed by atoms with Crippen LogP contribution in [0.1, 0.15) is 36.0 Å². The van der Waals surface area contributed by atoms with Gasteiger partial charge in [0, 0.05) is 34.9 Å². The van der Waals surface area contributed by atoms with E-state index in [4.69, 9.17) is 16.0 Å². The van der Waals surface area contributed by atoms with Crippen LogP contribution in [0, 0.1) is 0 Å². The monoisotopic (exact) mass is 500 g/mol. The number of halogens is 1. The molecule has 1 N–H and O–H groups in total. The molecule has 182 valence electrons. The van der Waals surface area contributed by atoms with Gasteiger partial charge in [0.05, 0.1) is 11.6 Å². The minimum atomic E-state index is -0.859. The fraction of sp³-hybridized carbons (Fsp3) is 0.172. The minimum Gasteiger partial charge on any atom is -0.503 e. The number of carbonyl (C=O) groups excluding carboxylic acids is 2. The molecule has 0 saturated carbocycles. The molecule has 0 spiro atoms. The molecular weight excluding hydrogens is 476 g/mol. The van der Waals surface area contributed by atoms with Gasteiger partial charge in [-0.05, 0) is 61.9 Å². The predicted molar refractivity (Wildman–Crippen MR) is 142 cm³/mol. The van der Waals surface area contributed by atoms with E-state index in [1.165, 1.54) is 4.90 Å². The van der Waals surface area contributed by atoms with E-state index in [1.54, 1.807) is 36.4 Å². The van der Waals surface area contributed by atoms with E-state index < -0.39 is 23.5 Å². The van der Waals surface area contributed by atoms with Crippen molar-refractivity contribution < 1.29 is 19.1 Å². The van der Waals surface area contributed by atoms with Crippen molar-refractivity contribution in [3.05, 3.63) is 107 Å². The van der Waals surface area contributed by atoms with Gasteiger partial charge in [0.1, 0.15) is 5.58 Å². The summed E-state index contributed by atoms with van der Waals surface area (Å²) in [6, 6.07) is 22.5. The predicted octanol–water partition coefficient (Wildman–Crippen LogP) is 6.72. The molecule has 0 saturated heterocycles. The Morgan fingerprint density at radius 1 is 1.00 bits per heavy atom. The average molecular weight is 501 g/mol. The van der Waals surface area contributed by atoms with Gasteiger partial charge in [0.15, 0.2) is 11.5 Å². The lowest BCUT2D eigenvalue weighted by Gasteiger charge is -2.28. The lowest BCUT2D eigenvalue weighted by atomic mass is 9.94. The molecule has 3 aromatic carbocycles. The van der Waals surface area contributed by atoms with Crippen molar-refractivity contribution in [1.82, 2.24) is 0 Å². The van der Waals surface area contributed by atoms with Gasteiger partial charge in [-0.1, -0.05) is 48.0 Å². The molecule has 1 aliphatic rings. The first-order valence-corrected chi connectivity index (χ1v) is 12.2. The number of ketones is 1. The number of Topliss-reactive ketones (excluding diaryl/α,β-unsaturated/α-hetero) is 1. The van der Waals surface area contributed by atoms with Crippen LogP contribution < -0.4 is 9.80 Å². The number of aliphatic hydroxyl groups excluding tert-OH is 1. The third-order valence-corrected chi connectivity index (χ3v) is 6.76. The Kier molecular flexibility index (Phi) is 6.29. The van der Waals surface area contributed by atoms with E-state index in [0.717, 1.165) is 24.2 Å². The molecule has 0 fully saturated rings. The Balaban J connectivity index is 1.63. The number of furan rings is 1. The average Bonchev–Trinajstić information content (AvgIpc) is 3.44. The summed E-state index contributed by atoms with van der Waals surface area (Å²) >= 11 is 6.23. The number of hydrogen-bond acceptors (Lipinski definition) is 5. The summed E-state index contributed by atoms with van der Waals surface area (Å²) in [4.78, 5) is 30.7. The molecule has 0 radical (unpaired) electrons. The van der Waals surface area contributed by atoms with E-state index in [1.807, 2.05) is 42.5 Å². The molecule has 0 aliphatic carbocycles. The van der Waals surface area contributed by atoms with Gasteiger partial charge in [-0.25, -0.2) is 0 Å². The van der Waals surface area contributed by atoms with Gasteiger partial charge in [0.25, 0.3) is 5.91 Å². The first kappa shape index (κ1) is 23.7. The number of anilines is 2. The van der Waals surface area contributed by atoms with Gasteiger partial charge < -0.3 is 14.4 Å². The molecule has 1 unspecified atom stereocenters. The van der Waals surface area contributed by atoms with Crippen molar-refractivity contribution in [2.24, 2.45) is 0 Å². The molecule has 6 nitrogen and oxygen atoms in total. The number of amides is 1. The van der Waals surface area contributed by atoms with Gasteiger partial charge in [-0.15, -0.1) is 0 Å². The van der Waals surface area contributed by atoms with Crippen LogP contribution in [-0.2, 0) is 4.79 Å². The first-order valence-electron chi connectivity index (χ1n) is 11.8. The highest BCUT2D eigenvalue weighted by Gasteiger charge is 2.45. The van der Waals surface area contributed by atoms with Gasteiger partial charge >= 0.3 is 0 Å². The van der Waals surface area contributed by atoms with E-state index >= 15 is 0 Å². The highest BCUT2D eigenvalue weighted by atomic mass is 35.5. The maximum Gasteiger partial charge on any atom is 0.294 e. The third-order valence-electron chi connectivity index (χ3n) is 6.53. The molecule has 1 atom stereocenters. The molecule has 1 amide bonds. The fourth-order valence-electron chi connectivity index (χ4n) is 4.73. The molecule has 1 aliphatic heterocycles. The second kappa shape index (κ2) is 9.55. The second-order valence-corrected chi connectivity index (χ2v) is 9.00. The largest absolute Gasteiger partial charge is 0.503 e. The molecule has 1 aromatic heterocycles. The van der Waals surface area contributed by atoms with Crippen LogP contribution in [0.3, 0.4) is 0 Å². The van der Waals surface area contributed by atoms with Crippen LogP contribution in [0.5, 0.6) is 0 Å². The van der Waals surface area contributed by atoms with Crippen molar-refractivity contribution in [2.75, 3.05) is 22.9 Å². The van der Waals surface area contributed by atoms with Crippen molar-refractivity contribution in [3.63, 3.8) is 0 Å². The summed E-state index contributed by atoms with van der Waals surface area (Å²) in [5.41, 5.74) is 2.71. The first-order chi connectivity index (χ1) is 17.4. The van der Waals surface area contributed by atoms with Crippen LogP contribution in [0.25, 0.3) is 11.0 Å². The number of carbonyl (C=O) groups is 2. The van der Waals surface area contributed by atoms with Crippen LogP contribution in [0.15, 0.2) is 94.6 Å². The SMILES string of the molecule is CCN(CC)c1ccc(C2C(C(=O)c3cc4ccccc4o3)=C(O)C(=O)N2c2cccc(Cl)c2)cc1. The van der Waals surface area contributed by atoms with Gasteiger partial charge in [0.2, 0.25) is 5.78 Å². The highest BCUT2D eigenvalue weighted by Crippen LogP contribution is 2.43. The van der Waals surface area contributed by atoms with Gasteiger partial charge in [-0.2, -0.15) is 0 Å². The van der Waals surface area contributed by atoms with Gasteiger partial charge in [-0.3, -0.25) is 14.5 Å². The topological polar surface area (TPSA) is 74.0 Å². The summed E-state index contributed by atoms with van der Waals surface area (Å²) < 4.78 is 5.80. The summed E-state index contributed by atoms with van der Waals surface area (Å²) in [5, 5.41) is 12.2. The molecule has 7 heteroatoms. The molecular formula is C29H25ClN2O4. The van der Waals surface area contributed by atoms with Crippen LogP contribution >= 0.6 is 11.6 Å². The molecule has 0 bridgehead atoms. The number of benzene rings is 3. The van der Waals surface area contributed by atoms with E-state index in [-0.39, 0.29) is 11.3 Å². The zero-order chi connectivity index (χ0) is 25.4. The Bertz CT molecular complexity index is 1450. The highest BCUT2D eigenvalue weighted by molar-refractivity contribution is 6.31. The zero-order valence-electron chi connectivity index (χ0n) is 19.9. The number of hydrogen-bond donors (Lipinski definition) is 1. The van der Waals surface area contributed by atoms with E-state index in [0.29, 0.717) is 21.9 Å². The number of para-hydroxylation sites is 1. The molecule has 5 rings (SSSR count). The molecule has 36 heavy (non-hydrogen) atoms. The number of nitrogens with zero attached hydrogens (tertiary/aromatic N) is 2. The van der Waals surface area contributed by atoms with Crippen LogP contribution in [-0.4, -0.2) is 29.9 Å². The lowest BCUT2D eigenvalue weighted by molar-refractivity contribution is -0.117.